The zero-order valence-corrected chi connectivity index (χ0v) is 11.8. The molecule has 0 aliphatic heterocycles. The molecule has 0 saturated carbocycles. The summed E-state index contributed by atoms with van der Waals surface area (Å²) in [6.07, 6.45) is 1.17. The van der Waals surface area contributed by atoms with Gasteiger partial charge in [0.05, 0.1) is 15.1 Å². The smallest absolute Gasteiger partial charge is 0.245 e. The molecule has 0 radical (unpaired) electrons. The van der Waals surface area contributed by atoms with E-state index in [1.165, 1.54) is 24.5 Å². The van der Waals surface area contributed by atoms with Crippen LogP contribution in [-0.4, -0.2) is 25.1 Å². The van der Waals surface area contributed by atoms with Gasteiger partial charge in [-0.3, -0.25) is 4.79 Å². The topological polar surface area (TPSA) is 68.5 Å². The standard InChI is InChI=1S/C11H12N2O3S2/c1-7(14)12-11-13(2)9-5-4-8(18(3,15)16)6-10(9)17-11/h4-6H,1-3H3. The predicted molar refractivity (Wildman–Crippen MR) is 70.1 cm³/mol. The summed E-state index contributed by atoms with van der Waals surface area (Å²) in [6.45, 7) is 1.38. The first-order chi connectivity index (χ1) is 8.29. The van der Waals surface area contributed by atoms with Gasteiger partial charge in [-0.15, -0.1) is 0 Å². The average Bonchev–Trinajstić information content (AvgIpc) is 2.53. The molecular formula is C11H12N2O3S2. The Morgan fingerprint density at radius 2 is 2.06 bits per heavy atom. The average molecular weight is 284 g/mol. The minimum absolute atomic E-state index is 0.270. The van der Waals surface area contributed by atoms with Crippen LogP contribution in [0.25, 0.3) is 10.2 Å². The van der Waals surface area contributed by atoms with E-state index in [0.717, 1.165) is 10.2 Å². The first-order valence-corrected chi connectivity index (χ1v) is 7.85. The summed E-state index contributed by atoms with van der Waals surface area (Å²) in [5, 5.41) is 0. The highest BCUT2D eigenvalue weighted by Gasteiger charge is 2.10. The number of hydrogen-bond donors (Lipinski definition) is 0. The van der Waals surface area contributed by atoms with E-state index in [4.69, 9.17) is 0 Å². The SMILES string of the molecule is CC(=O)N=c1sc2cc(S(C)(=O)=O)ccc2n1C. The molecule has 0 saturated heterocycles. The number of thiazole rings is 1. The largest absolute Gasteiger partial charge is 0.319 e. The normalized spacial score (nSPS) is 13.2. The van der Waals surface area contributed by atoms with Crippen molar-refractivity contribution in [3.8, 4) is 0 Å². The van der Waals surface area contributed by atoms with Gasteiger partial charge in [0.1, 0.15) is 0 Å². The summed E-state index contributed by atoms with van der Waals surface area (Å²) >= 11 is 1.29. The molecule has 0 unspecified atom stereocenters. The zero-order valence-electron chi connectivity index (χ0n) is 10.2. The molecule has 0 fully saturated rings. The highest BCUT2D eigenvalue weighted by atomic mass is 32.2. The van der Waals surface area contributed by atoms with Crippen LogP contribution in [-0.2, 0) is 21.7 Å². The number of benzene rings is 1. The Balaban J connectivity index is 2.78. The van der Waals surface area contributed by atoms with Crippen molar-refractivity contribution in [2.24, 2.45) is 12.0 Å². The highest BCUT2D eigenvalue weighted by molar-refractivity contribution is 7.90. The van der Waals surface area contributed by atoms with Gasteiger partial charge in [0, 0.05) is 20.2 Å². The Kier molecular flexibility index (Phi) is 3.12. The first-order valence-electron chi connectivity index (χ1n) is 5.14. The number of hydrogen-bond acceptors (Lipinski definition) is 4. The molecule has 1 aromatic heterocycles. The second kappa shape index (κ2) is 4.33. The number of rotatable bonds is 1. The Bertz CT molecular complexity index is 797. The van der Waals surface area contributed by atoms with Gasteiger partial charge >= 0.3 is 0 Å². The zero-order chi connectivity index (χ0) is 13.5. The van der Waals surface area contributed by atoms with Crippen molar-refractivity contribution in [1.29, 1.82) is 0 Å². The molecule has 2 aromatic rings. The van der Waals surface area contributed by atoms with E-state index in [9.17, 15) is 13.2 Å². The number of amides is 1. The van der Waals surface area contributed by atoms with E-state index in [-0.39, 0.29) is 10.8 Å². The lowest BCUT2D eigenvalue weighted by atomic mass is 10.3. The predicted octanol–water partition coefficient (Wildman–Crippen LogP) is 1.09. The van der Waals surface area contributed by atoms with Gasteiger partial charge in [0.2, 0.25) is 5.91 Å². The van der Waals surface area contributed by atoms with Crippen molar-refractivity contribution in [2.45, 2.75) is 11.8 Å². The fourth-order valence-corrected chi connectivity index (χ4v) is 3.41. The number of carbonyl (C=O) groups is 1. The molecule has 1 amide bonds. The van der Waals surface area contributed by atoms with E-state index in [0.29, 0.717) is 4.80 Å². The van der Waals surface area contributed by atoms with Gasteiger partial charge in [0.15, 0.2) is 14.6 Å². The van der Waals surface area contributed by atoms with Crippen molar-refractivity contribution in [3.05, 3.63) is 23.0 Å². The molecule has 0 aliphatic carbocycles. The molecule has 7 heteroatoms. The minimum Gasteiger partial charge on any atom is -0.319 e. The maximum absolute atomic E-state index is 11.5. The maximum Gasteiger partial charge on any atom is 0.245 e. The van der Waals surface area contributed by atoms with Gasteiger partial charge in [-0.05, 0) is 18.2 Å². The van der Waals surface area contributed by atoms with Crippen molar-refractivity contribution < 1.29 is 13.2 Å². The molecule has 1 aromatic carbocycles. The molecule has 96 valence electrons. The summed E-state index contributed by atoms with van der Waals surface area (Å²) in [6, 6.07) is 4.89. The van der Waals surface area contributed by atoms with E-state index in [1.807, 2.05) is 0 Å². The lowest BCUT2D eigenvalue weighted by Crippen LogP contribution is -2.11. The lowest BCUT2D eigenvalue weighted by molar-refractivity contribution is -0.116. The quantitative estimate of drug-likeness (QED) is 0.787. The molecule has 0 atom stereocenters. The summed E-state index contributed by atoms with van der Waals surface area (Å²) in [7, 11) is -1.43. The van der Waals surface area contributed by atoms with Crippen molar-refractivity contribution in [3.63, 3.8) is 0 Å². The van der Waals surface area contributed by atoms with Crippen LogP contribution in [0, 0.1) is 0 Å². The van der Waals surface area contributed by atoms with Crippen LogP contribution in [0.4, 0.5) is 0 Å². The number of nitrogens with zero attached hydrogens (tertiary/aromatic N) is 2. The number of aromatic nitrogens is 1. The number of fused-ring (bicyclic) bond motifs is 1. The number of carbonyl (C=O) groups excluding carboxylic acids is 1. The van der Waals surface area contributed by atoms with Crippen LogP contribution in [0.15, 0.2) is 28.1 Å². The third kappa shape index (κ3) is 2.37. The van der Waals surface area contributed by atoms with Gasteiger partial charge in [-0.25, -0.2) is 8.42 Å². The van der Waals surface area contributed by atoms with Crippen LogP contribution < -0.4 is 4.80 Å². The van der Waals surface area contributed by atoms with Crippen LogP contribution in [0.5, 0.6) is 0 Å². The summed E-state index contributed by atoms with van der Waals surface area (Å²) < 4.78 is 25.5. The molecule has 1 heterocycles. The van der Waals surface area contributed by atoms with Crippen LogP contribution >= 0.6 is 11.3 Å². The highest BCUT2D eigenvalue weighted by Crippen LogP contribution is 2.21. The molecule has 0 bridgehead atoms. The van der Waals surface area contributed by atoms with Crippen LogP contribution in [0.1, 0.15) is 6.92 Å². The second-order valence-corrected chi connectivity index (χ2v) is 7.00. The fourth-order valence-electron chi connectivity index (χ4n) is 1.59. The van der Waals surface area contributed by atoms with Gasteiger partial charge < -0.3 is 4.57 Å². The van der Waals surface area contributed by atoms with Crippen molar-refractivity contribution in [1.82, 2.24) is 4.57 Å². The molecule has 0 aliphatic rings. The first kappa shape index (κ1) is 13.0. The lowest BCUT2D eigenvalue weighted by Gasteiger charge is -1.98. The second-order valence-electron chi connectivity index (χ2n) is 3.98. The van der Waals surface area contributed by atoms with Crippen molar-refractivity contribution >= 4 is 37.3 Å². The van der Waals surface area contributed by atoms with Gasteiger partial charge in [0.25, 0.3) is 0 Å². The van der Waals surface area contributed by atoms with E-state index < -0.39 is 9.84 Å². The fraction of sp³-hybridized carbons (Fsp3) is 0.273. The van der Waals surface area contributed by atoms with E-state index >= 15 is 0 Å². The Labute approximate surface area is 108 Å². The third-order valence-corrected chi connectivity index (χ3v) is 4.67. The van der Waals surface area contributed by atoms with Gasteiger partial charge in [-0.2, -0.15) is 4.99 Å². The molecule has 0 N–H and O–H groups in total. The third-order valence-electron chi connectivity index (χ3n) is 2.46. The molecule has 5 nitrogen and oxygen atoms in total. The molecule has 18 heavy (non-hydrogen) atoms. The summed E-state index contributed by atoms with van der Waals surface area (Å²) in [5.41, 5.74) is 0.854. The van der Waals surface area contributed by atoms with Crippen LogP contribution in [0.3, 0.4) is 0 Å². The Morgan fingerprint density at radius 3 is 2.61 bits per heavy atom. The Hall–Kier alpha value is -1.47. The minimum atomic E-state index is -3.22. The number of sulfone groups is 1. The molecular weight excluding hydrogens is 272 g/mol. The van der Waals surface area contributed by atoms with Gasteiger partial charge in [-0.1, -0.05) is 11.3 Å². The Morgan fingerprint density at radius 1 is 1.39 bits per heavy atom. The summed E-state index contributed by atoms with van der Waals surface area (Å²) in [5.74, 6) is -0.277. The summed E-state index contributed by atoms with van der Waals surface area (Å²) in [4.78, 5) is 15.7. The molecule has 2 rings (SSSR count). The van der Waals surface area contributed by atoms with Crippen molar-refractivity contribution in [2.75, 3.05) is 6.26 Å². The van der Waals surface area contributed by atoms with E-state index in [2.05, 4.69) is 4.99 Å². The molecule has 0 spiro atoms. The van der Waals surface area contributed by atoms with Crippen LogP contribution in [0.2, 0.25) is 0 Å². The number of aryl methyl sites for hydroxylation is 1. The monoisotopic (exact) mass is 284 g/mol. The maximum atomic E-state index is 11.5. The van der Waals surface area contributed by atoms with E-state index in [1.54, 1.807) is 29.8 Å².